The molecule has 17 nitrogen and oxygen atoms in total. The molecular formula is C20H36O17. The van der Waals surface area contributed by atoms with Crippen LogP contribution in [0, 0.1) is 0 Å². The molecule has 3 rings (SSSR count). The van der Waals surface area contributed by atoms with Gasteiger partial charge in [-0.05, 0) is 0 Å². The van der Waals surface area contributed by atoms with Crippen LogP contribution in [0.4, 0.5) is 0 Å². The molecule has 0 aliphatic carbocycles. The Morgan fingerprint density at radius 2 is 1.14 bits per heavy atom. The van der Waals surface area contributed by atoms with Crippen LogP contribution in [0.3, 0.4) is 0 Å². The molecule has 3 aliphatic rings. The molecule has 0 aromatic carbocycles. The first-order valence-corrected chi connectivity index (χ1v) is 11.7. The van der Waals surface area contributed by atoms with Crippen LogP contribution in [0.5, 0.6) is 0 Å². The predicted molar refractivity (Wildman–Crippen MR) is 112 cm³/mol. The van der Waals surface area contributed by atoms with E-state index in [-0.39, 0.29) is 0 Å². The van der Waals surface area contributed by atoms with Gasteiger partial charge in [0.2, 0.25) is 0 Å². The molecular weight excluding hydrogens is 512 g/mol. The van der Waals surface area contributed by atoms with Crippen molar-refractivity contribution in [1.82, 2.24) is 0 Å². The third kappa shape index (κ3) is 6.91. The second-order valence-corrected chi connectivity index (χ2v) is 9.02. The quantitative estimate of drug-likeness (QED) is 0.102. The number of hydrogen-bond donors (Lipinski definition) is 11. The first-order valence-electron chi connectivity index (χ1n) is 11.7. The van der Waals surface area contributed by atoms with E-state index in [1.807, 2.05) is 0 Å². The summed E-state index contributed by atoms with van der Waals surface area (Å²) < 4.78 is 32.3. The van der Waals surface area contributed by atoms with E-state index < -0.39 is 125 Å². The minimum absolute atomic E-state index is 0.460. The lowest BCUT2D eigenvalue weighted by Gasteiger charge is -2.26. The lowest BCUT2D eigenvalue weighted by Crippen LogP contribution is -2.44. The molecule has 0 radical (unpaired) electrons. The highest BCUT2D eigenvalue weighted by molar-refractivity contribution is 4.93. The summed E-state index contributed by atoms with van der Waals surface area (Å²) in [4.78, 5) is 0. The van der Waals surface area contributed by atoms with Gasteiger partial charge in [-0.25, -0.2) is 0 Å². The van der Waals surface area contributed by atoms with E-state index in [2.05, 4.69) is 0 Å². The summed E-state index contributed by atoms with van der Waals surface area (Å²) in [6.07, 6.45) is -21.9. The van der Waals surface area contributed by atoms with Crippen molar-refractivity contribution in [2.75, 3.05) is 33.0 Å². The maximum absolute atomic E-state index is 10.4. The van der Waals surface area contributed by atoms with Crippen molar-refractivity contribution >= 4 is 0 Å². The van der Waals surface area contributed by atoms with Crippen molar-refractivity contribution < 1.29 is 84.6 Å². The van der Waals surface area contributed by atoms with Gasteiger partial charge in [0.25, 0.3) is 0 Å². The summed E-state index contributed by atoms with van der Waals surface area (Å²) in [7, 11) is 0. The van der Waals surface area contributed by atoms with Crippen molar-refractivity contribution in [2.45, 2.75) is 92.1 Å². The van der Waals surface area contributed by atoms with E-state index in [9.17, 15) is 51.1 Å². The minimum atomic E-state index is -1.74. The van der Waals surface area contributed by atoms with Crippen LogP contribution >= 0.6 is 0 Å². The van der Waals surface area contributed by atoms with Gasteiger partial charge in [0.05, 0.1) is 33.0 Å². The lowest BCUT2D eigenvalue weighted by molar-refractivity contribution is -0.255. The van der Waals surface area contributed by atoms with E-state index in [4.69, 9.17) is 33.5 Å². The van der Waals surface area contributed by atoms with E-state index >= 15 is 0 Å². The molecule has 0 saturated carbocycles. The zero-order valence-corrected chi connectivity index (χ0v) is 19.6. The van der Waals surface area contributed by atoms with Gasteiger partial charge in [0.15, 0.2) is 18.9 Å². The summed E-state index contributed by atoms with van der Waals surface area (Å²) in [5, 5.41) is 107. The molecule has 15 atom stereocenters. The van der Waals surface area contributed by atoms with Crippen LogP contribution in [0.25, 0.3) is 0 Å². The molecule has 0 amide bonds. The molecule has 3 heterocycles. The molecule has 0 bridgehead atoms. The van der Waals surface area contributed by atoms with Gasteiger partial charge in [0.1, 0.15) is 73.2 Å². The van der Waals surface area contributed by atoms with Gasteiger partial charge in [0, 0.05) is 0 Å². The Morgan fingerprint density at radius 3 is 1.73 bits per heavy atom. The van der Waals surface area contributed by atoms with Gasteiger partial charge in [-0.2, -0.15) is 0 Å². The molecule has 3 fully saturated rings. The summed E-state index contributed by atoms with van der Waals surface area (Å²) in [5.74, 6) is 0. The fraction of sp³-hybridized carbons (Fsp3) is 1.00. The Kier molecular flexibility index (Phi) is 11.3. The SMILES string of the molecule is OC[C@@H](O)[C@H](O)[C@H](O)CO[C@H]1O[C@H](CO[C@H]2O[C@H](CO)[C@@H](O)[C@@H]2O[C@@H]2O[C@H](CO)[C@@H](O)[C@@H]2O)[C@@H](O)[C@@H]1O. The van der Waals surface area contributed by atoms with Crippen LogP contribution in [-0.4, -0.2) is 181 Å². The standard InChI is InChI=1S/C20H36O17/c21-1-6(24)11(26)7(25)4-32-18-15(30)13(28)10(36-18)5-33-20-17(14(29)9(3-23)35-20)37-19-16(31)12(27)8(2-22)34-19/h6-31H,1-5H2/t6-,7-,8-,9-,10-,11+,12-,13-,14-,15+,16+,17+,18+,19+,20+/m1/s1. The number of aliphatic hydroxyl groups is 11. The largest absolute Gasteiger partial charge is 0.394 e. The maximum atomic E-state index is 10.4. The van der Waals surface area contributed by atoms with Crippen LogP contribution < -0.4 is 0 Å². The molecule has 3 aliphatic heterocycles. The molecule has 0 unspecified atom stereocenters. The zero-order valence-electron chi connectivity index (χ0n) is 19.6. The molecule has 37 heavy (non-hydrogen) atoms. The van der Waals surface area contributed by atoms with Gasteiger partial charge in [-0.15, -0.1) is 0 Å². The number of hydrogen-bond acceptors (Lipinski definition) is 17. The predicted octanol–water partition coefficient (Wildman–Crippen LogP) is -7.56. The zero-order chi connectivity index (χ0) is 27.4. The lowest BCUT2D eigenvalue weighted by atomic mass is 10.1. The van der Waals surface area contributed by atoms with E-state index in [0.29, 0.717) is 0 Å². The van der Waals surface area contributed by atoms with Crippen LogP contribution in [0.15, 0.2) is 0 Å². The van der Waals surface area contributed by atoms with E-state index in [1.54, 1.807) is 0 Å². The van der Waals surface area contributed by atoms with Crippen molar-refractivity contribution in [2.24, 2.45) is 0 Å². The Hall–Kier alpha value is -0.680. The normalized spacial score (nSPS) is 44.8. The Labute approximate surface area is 210 Å². The fourth-order valence-electron chi connectivity index (χ4n) is 4.10. The molecule has 0 aromatic heterocycles. The van der Waals surface area contributed by atoms with Crippen molar-refractivity contribution in [3.05, 3.63) is 0 Å². The van der Waals surface area contributed by atoms with E-state index in [1.165, 1.54) is 0 Å². The minimum Gasteiger partial charge on any atom is -0.394 e. The Balaban J connectivity index is 1.55. The highest BCUT2D eigenvalue weighted by atomic mass is 16.8. The number of rotatable bonds is 13. The maximum Gasteiger partial charge on any atom is 0.187 e. The third-order valence-electron chi connectivity index (χ3n) is 6.41. The third-order valence-corrected chi connectivity index (χ3v) is 6.41. The Morgan fingerprint density at radius 1 is 0.595 bits per heavy atom. The van der Waals surface area contributed by atoms with Crippen LogP contribution in [0.2, 0.25) is 0 Å². The second-order valence-electron chi connectivity index (χ2n) is 9.02. The molecule has 0 spiro atoms. The first-order chi connectivity index (χ1) is 17.5. The monoisotopic (exact) mass is 548 g/mol. The van der Waals surface area contributed by atoms with Gasteiger partial charge in [-0.1, -0.05) is 0 Å². The van der Waals surface area contributed by atoms with Crippen molar-refractivity contribution in [1.29, 1.82) is 0 Å². The van der Waals surface area contributed by atoms with Crippen molar-refractivity contribution in [3.63, 3.8) is 0 Å². The molecule has 3 saturated heterocycles. The number of ether oxygens (including phenoxy) is 6. The van der Waals surface area contributed by atoms with Crippen LogP contribution in [-0.2, 0) is 28.4 Å². The highest BCUT2D eigenvalue weighted by Crippen LogP contribution is 2.31. The average Bonchev–Trinajstić information content (AvgIpc) is 3.46. The van der Waals surface area contributed by atoms with Gasteiger partial charge < -0.3 is 84.6 Å². The van der Waals surface area contributed by atoms with Gasteiger partial charge in [-0.3, -0.25) is 0 Å². The van der Waals surface area contributed by atoms with Crippen LogP contribution in [0.1, 0.15) is 0 Å². The first kappa shape index (κ1) is 30.9. The summed E-state index contributed by atoms with van der Waals surface area (Å²) in [5.41, 5.74) is 0. The average molecular weight is 548 g/mol. The highest BCUT2D eigenvalue weighted by Gasteiger charge is 2.52. The fourth-order valence-corrected chi connectivity index (χ4v) is 4.10. The van der Waals surface area contributed by atoms with Gasteiger partial charge >= 0.3 is 0 Å². The van der Waals surface area contributed by atoms with E-state index in [0.717, 1.165) is 0 Å². The molecule has 0 aromatic rings. The van der Waals surface area contributed by atoms with Crippen molar-refractivity contribution in [3.8, 4) is 0 Å². The summed E-state index contributed by atoms with van der Waals surface area (Å²) in [6, 6.07) is 0. The smallest absolute Gasteiger partial charge is 0.187 e. The molecule has 11 N–H and O–H groups in total. The summed E-state index contributed by atoms with van der Waals surface area (Å²) in [6.45, 7) is -3.14. The second kappa shape index (κ2) is 13.6. The summed E-state index contributed by atoms with van der Waals surface area (Å²) >= 11 is 0. The number of aliphatic hydroxyl groups excluding tert-OH is 11. The molecule has 218 valence electrons. The molecule has 17 heteroatoms. The topological polar surface area (TPSA) is 278 Å². The Bertz CT molecular complexity index is 687.